The molecule has 146 valence electrons. The maximum absolute atomic E-state index is 12.7. The Bertz CT molecular complexity index is 584. The van der Waals surface area contributed by atoms with Gasteiger partial charge in [0.25, 0.3) is 0 Å². The van der Waals surface area contributed by atoms with Crippen molar-refractivity contribution >= 4 is 17.9 Å². The standard InChI is InChI=1S/C18H30N4O4/c1-6-14(23)22-11-18(19(4)12-22)7-9-21(10-8-18)17(26)20(5)15(13(2)3)16(24)25/h6,13,15H,1,7-12H2,2-5H3,(H,24,25)/t15-/m0/s1. The van der Waals surface area contributed by atoms with Gasteiger partial charge >= 0.3 is 12.0 Å². The van der Waals surface area contributed by atoms with E-state index in [0.717, 1.165) is 12.8 Å². The summed E-state index contributed by atoms with van der Waals surface area (Å²) < 4.78 is 0. The van der Waals surface area contributed by atoms with Crippen LogP contribution in [0.5, 0.6) is 0 Å². The molecule has 0 aliphatic carbocycles. The third-order valence-electron chi connectivity index (χ3n) is 5.73. The predicted molar refractivity (Wildman–Crippen MR) is 97.5 cm³/mol. The molecule has 2 fully saturated rings. The van der Waals surface area contributed by atoms with Crippen LogP contribution in [-0.4, -0.2) is 94.6 Å². The van der Waals surface area contributed by atoms with Crippen LogP contribution < -0.4 is 0 Å². The lowest BCUT2D eigenvalue weighted by atomic mass is 9.87. The molecule has 2 rings (SSSR count). The van der Waals surface area contributed by atoms with Crippen LogP contribution in [0.3, 0.4) is 0 Å². The van der Waals surface area contributed by atoms with Crippen LogP contribution in [0.15, 0.2) is 12.7 Å². The van der Waals surface area contributed by atoms with Gasteiger partial charge in [0.2, 0.25) is 5.91 Å². The van der Waals surface area contributed by atoms with E-state index in [2.05, 4.69) is 11.5 Å². The second kappa shape index (κ2) is 7.65. The topological polar surface area (TPSA) is 84.4 Å². The van der Waals surface area contributed by atoms with Gasteiger partial charge in [-0.25, -0.2) is 9.59 Å². The van der Waals surface area contributed by atoms with Gasteiger partial charge in [-0.15, -0.1) is 0 Å². The monoisotopic (exact) mass is 366 g/mol. The summed E-state index contributed by atoms with van der Waals surface area (Å²) in [5.74, 6) is -1.23. The normalized spacial score (nSPS) is 21.1. The van der Waals surface area contributed by atoms with Crippen LogP contribution in [-0.2, 0) is 9.59 Å². The number of hydrogen-bond donors (Lipinski definition) is 1. The number of likely N-dealkylation sites (tertiary alicyclic amines) is 1. The summed E-state index contributed by atoms with van der Waals surface area (Å²) in [5.41, 5.74) is -0.127. The van der Waals surface area contributed by atoms with Gasteiger partial charge in [0.1, 0.15) is 6.04 Å². The van der Waals surface area contributed by atoms with Gasteiger partial charge in [-0.2, -0.15) is 0 Å². The van der Waals surface area contributed by atoms with Gasteiger partial charge < -0.3 is 19.8 Å². The Morgan fingerprint density at radius 2 is 1.77 bits per heavy atom. The van der Waals surface area contributed by atoms with Gasteiger partial charge in [0.15, 0.2) is 0 Å². The molecular formula is C18H30N4O4. The van der Waals surface area contributed by atoms with E-state index < -0.39 is 12.0 Å². The van der Waals surface area contributed by atoms with E-state index in [1.165, 1.54) is 11.0 Å². The molecule has 0 radical (unpaired) electrons. The number of carboxylic acid groups (broad SMARTS) is 1. The smallest absolute Gasteiger partial charge is 0.326 e. The van der Waals surface area contributed by atoms with Crippen LogP contribution >= 0.6 is 0 Å². The molecular weight excluding hydrogens is 336 g/mol. The van der Waals surface area contributed by atoms with E-state index in [1.54, 1.807) is 30.7 Å². The lowest BCUT2D eigenvalue weighted by molar-refractivity contribution is -0.143. The second-order valence-electron chi connectivity index (χ2n) is 7.71. The third kappa shape index (κ3) is 3.70. The van der Waals surface area contributed by atoms with Crippen LogP contribution in [0.2, 0.25) is 0 Å². The molecule has 3 amide bonds. The van der Waals surface area contributed by atoms with Crippen molar-refractivity contribution in [3.63, 3.8) is 0 Å². The maximum Gasteiger partial charge on any atom is 0.326 e. The highest BCUT2D eigenvalue weighted by atomic mass is 16.4. The SMILES string of the molecule is C=CC(=O)N1CN(C)C2(CCN(C(=O)N(C)[C@H](C(=O)O)C(C)C)CC2)C1. The first kappa shape index (κ1) is 20.2. The Morgan fingerprint density at radius 1 is 1.19 bits per heavy atom. The molecule has 0 unspecified atom stereocenters. The van der Waals surface area contributed by atoms with Gasteiger partial charge in [-0.05, 0) is 31.9 Å². The van der Waals surface area contributed by atoms with Gasteiger partial charge in [-0.1, -0.05) is 20.4 Å². The van der Waals surface area contributed by atoms with Crippen molar-refractivity contribution in [2.45, 2.75) is 38.3 Å². The van der Waals surface area contributed by atoms with E-state index in [9.17, 15) is 19.5 Å². The molecule has 2 heterocycles. The molecule has 0 aromatic carbocycles. The number of carbonyl (C=O) groups excluding carboxylic acids is 2. The van der Waals surface area contributed by atoms with Crippen LogP contribution in [0.1, 0.15) is 26.7 Å². The molecule has 0 aromatic heterocycles. The zero-order valence-electron chi connectivity index (χ0n) is 16.1. The van der Waals surface area contributed by atoms with Gasteiger partial charge in [0, 0.05) is 32.2 Å². The number of carboxylic acids is 1. The van der Waals surface area contributed by atoms with E-state index in [1.807, 2.05) is 7.05 Å². The number of amides is 3. The molecule has 0 saturated carbocycles. The Labute approximate surface area is 155 Å². The second-order valence-corrected chi connectivity index (χ2v) is 7.71. The predicted octanol–water partition coefficient (Wildman–Crippen LogP) is 0.900. The summed E-state index contributed by atoms with van der Waals surface area (Å²) in [6, 6.07) is -1.09. The number of rotatable bonds is 4. The average Bonchev–Trinajstić information content (AvgIpc) is 2.90. The minimum Gasteiger partial charge on any atom is -0.480 e. The fourth-order valence-corrected chi connectivity index (χ4v) is 4.10. The molecule has 8 heteroatoms. The molecule has 1 spiro atoms. The number of likely N-dealkylation sites (N-methyl/N-ethyl adjacent to an activating group) is 2. The van der Waals surface area contributed by atoms with Gasteiger partial charge in [0.05, 0.1) is 6.67 Å². The van der Waals surface area contributed by atoms with Crippen molar-refractivity contribution in [2.24, 2.45) is 5.92 Å². The average molecular weight is 366 g/mol. The minimum atomic E-state index is -0.988. The molecule has 2 aliphatic rings. The number of carbonyl (C=O) groups is 3. The first-order valence-electron chi connectivity index (χ1n) is 9.00. The fourth-order valence-electron chi connectivity index (χ4n) is 4.10. The van der Waals surface area contributed by atoms with Crippen LogP contribution in [0, 0.1) is 5.92 Å². The van der Waals surface area contributed by atoms with Crippen molar-refractivity contribution in [2.75, 3.05) is 40.4 Å². The number of aliphatic carboxylic acids is 1. The van der Waals surface area contributed by atoms with Crippen molar-refractivity contribution in [1.82, 2.24) is 19.6 Å². The molecule has 1 atom stereocenters. The highest BCUT2D eigenvalue weighted by Crippen LogP contribution is 2.34. The molecule has 2 aliphatic heterocycles. The highest BCUT2D eigenvalue weighted by Gasteiger charge is 2.46. The molecule has 26 heavy (non-hydrogen) atoms. The number of nitrogens with zero attached hydrogens (tertiary/aromatic N) is 4. The highest BCUT2D eigenvalue weighted by molar-refractivity contribution is 5.87. The number of hydrogen-bond acceptors (Lipinski definition) is 4. The summed E-state index contributed by atoms with van der Waals surface area (Å²) in [5, 5.41) is 9.40. The first-order valence-corrected chi connectivity index (χ1v) is 9.00. The molecule has 2 saturated heterocycles. The fraction of sp³-hybridized carbons (Fsp3) is 0.722. The summed E-state index contributed by atoms with van der Waals surface area (Å²) in [6.07, 6.45) is 2.84. The van der Waals surface area contributed by atoms with Gasteiger partial charge in [-0.3, -0.25) is 9.69 Å². The number of urea groups is 1. The van der Waals surface area contributed by atoms with Crippen molar-refractivity contribution in [3.8, 4) is 0 Å². The largest absolute Gasteiger partial charge is 0.480 e. The summed E-state index contributed by atoms with van der Waals surface area (Å²) in [7, 11) is 3.55. The zero-order chi connectivity index (χ0) is 19.6. The molecule has 8 nitrogen and oxygen atoms in total. The van der Waals surface area contributed by atoms with Crippen molar-refractivity contribution < 1.29 is 19.5 Å². The van der Waals surface area contributed by atoms with E-state index in [-0.39, 0.29) is 23.4 Å². The molecule has 0 aromatic rings. The third-order valence-corrected chi connectivity index (χ3v) is 5.73. The molecule has 1 N–H and O–H groups in total. The van der Waals surface area contributed by atoms with E-state index in [0.29, 0.717) is 26.3 Å². The Balaban J connectivity index is 2.01. The molecule has 0 bridgehead atoms. The number of piperidine rings is 1. The summed E-state index contributed by atoms with van der Waals surface area (Å²) >= 11 is 0. The van der Waals surface area contributed by atoms with E-state index >= 15 is 0 Å². The summed E-state index contributed by atoms with van der Waals surface area (Å²) in [6.45, 7) is 9.44. The minimum absolute atomic E-state index is 0.0757. The Morgan fingerprint density at radius 3 is 2.23 bits per heavy atom. The lowest BCUT2D eigenvalue weighted by Gasteiger charge is -2.44. The van der Waals surface area contributed by atoms with Crippen LogP contribution in [0.4, 0.5) is 4.79 Å². The van der Waals surface area contributed by atoms with Crippen LogP contribution in [0.25, 0.3) is 0 Å². The Hall–Kier alpha value is -2.09. The maximum atomic E-state index is 12.7. The van der Waals surface area contributed by atoms with Crippen molar-refractivity contribution in [3.05, 3.63) is 12.7 Å². The zero-order valence-corrected chi connectivity index (χ0v) is 16.1. The summed E-state index contributed by atoms with van der Waals surface area (Å²) in [4.78, 5) is 43.1. The quantitative estimate of drug-likeness (QED) is 0.748. The lowest BCUT2D eigenvalue weighted by Crippen LogP contribution is -2.57. The van der Waals surface area contributed by atoms with Crippen molar-refractivity contribution in [1.29, 1.82) is 0 Å². The van der Waals surface area contributed by atoms with E-state index in [4.69, 9.17) is 0 Å². The first-order chi connectivity index (χ1) is 12.1. The Kier molecular flexibility index (Phi) is 5.95.